The number of benzene rings is 1. The van der Waals surface area contributed by atoms with Crippen LogP contribution in [0.1, 0.15) is 63.1 Å². The predicted molar refractivity (Wildman–Crippen MR) is 98.9 cm³/mol. The molecule has 0 aliphatic carbocycles. The summed E-state index contributed by atoms with van der Waals surface area (Å²) in [6.45, 7) is 11.1. The van der Waals surface area contributed by atoms with Crippen LogP contribution in [0, 0.1) is 5.41 Å². The van der Waals surface area contributed by atoms with Crippen molar-refractivity contribution in [2.45, 2.75) is 59.1 Å². The van der Waals surface area contributed by atoms with Crippen LogP contribution >= 0.6 is 0 Å². The Labute approximate surface area is 154 Å². The SMILES string of the molecule is CC(C)NC(=O)c1ccc(-c2nc([C@H]3CCO[C@@H]3C(C)(C)C)no2)cc1. The molecule has 1 aliphatic heterocycles. The maximum absolute atomic E-state index is 12.0. The van der Waals surface area contributed by atoms with E-state index in [1.54, 1.807) is 12.1 Å². The molecular formula is C20H27N3O3. The molecule has 6 nitrogen and oxygen atoms in total. The highest BCUT2D eigenvalue weighted by Gasteiger charge is 2.40. The van der Waals surface area contributed by atoms with E-state index in [2.05, 4.69) is 36.2 Å². The van der Waals surface area contributed by atoms with Gasteiger partial charge in [-0.2, -0.15) is 4.98 Å². The van der Waals surface area contributed by atoms with Gasteiger partial charge in [-0.3, -0.25) is 4.79 Å². The molecule has 1 amide bonds. The Balaban J connectivity index is 1.77. The second kappa shape index (κ2) is 7.19. The lowest BCUT2D eigenvalue weighted by atomic mass is 9.81. The molecule has 6 heteroatoms. The van der Waals surface area contributed by atoms with Crippen molar-refractivity contribution in [3.63, 3.8) is 0 Å². The van der Waals surface area contributed by atoms with Gasteiger partial charge in [-0.05, 0) is 49.9 Å². The molecular weight excluding hydrogens is 330 g/mol. The molecule has 1 aromatic heterocycles. The van der Waals surface area contributed by atoms with Crippen LogP contribution in [0.3, 0.4) is 0 Å². The molecule has 0 radical (unpaired) electrons. The van der Waals surface area contributed by atoms with E-state index in [9.17, 15) is 4.79 Å². The van der Waals surface area contributed by atoms with Gasteiger partial charge in [0.25, 0.3) is 11.8 Å². The van der Waals surface area contributed by atoms with E-state index >= 15 is 0 Å². The quantitative estimate of drug-likeness (QED) is 0.901. The van der Waals surface area contributed by atoms with E-state index in [0.717, 1.165) is 18.6 Å². The monoisotopic (exact) mass is 357 g/mol. The number of aromatic nitrogens is 2. The summed E-state index contributed by atoms with van der Waals surface area (Å²) in [6.07, 6.45) is 0.977. The second-order valence-corrected chi connectivity index (χ2v) is 8.22. The van der Waals surface area contributed by atoms with Gasteiger partial charge in [-0.15, -0.1) is 0 Å². The third-order valence-corrected chi connectivity index (χ3v) is 4.53. The van der Waals surface area contributed by atoms with Crippen LogP contribution in [0.4, 0.5) is 0 Å². The molecule has 0 saturated carbocycles. The molecule has 1 aliphatic rings. The lowest BCUT2D eigenvalue weighted by molar-refractivity contribution is 0.0193. The fraction of sp³-hybridized carbons (Fsp3) is 0.550. The summed E-state index contributed by atoms with van der Waals surface area (Å²) in [7, 11) is 0. The number of carbonyl (C=O) groups is 1. The Bertz CT molecular complexity index is 759. The third kappa shape index (κ3) is 3.96. The molecule has 2 heterocycles. The number of carbonyl (C=O) groups excluding carboxylic acids is 1. The van der Waals surface area contributed by atoms with Crippen molar-refractivity contribution in [2.75, 3.05) is 6.61 Å². The van der Waals surface area contributed by atoms with E-state index in [1.165, 1.54) is 0 Å². The topological polar surface area (TPSA) is 77.2 Å². The zero-order valence-electron chi connectivity index (χ0n) is 16.1. The van der Waals surface area contributed by atoms with Gasteiger partial charge in [-0.25, -0.2) is 0 Å². The van der Waals surface area contributed by atoms with Gasteiger partial charge in [0.1, 0.15) is 0 Å². The first kappa shape index (κ1) is 18.6. The zero-order valence-corrected chi connectivity index (χ0v) is 16.1. The molecule has 0 unspecified atom stereocenters. The normalized spacial score (nSPS) is 20.5. The highest BCUT2D eigenvalue weighted by Crippen LogP contribution is 2.40. The molecule has 1 aromatic carbocycles. The number of hydrogen-bond acceptors (Lipinski definition) is 5. The summed E-state index contributed by atoms with van der Waals surface area (Å²) in [5.41, 5.74) is 1.43. The number of nitrogens with zero attached hydrogens (tertiary/aromatic N) is 2. The maximum Gasteiger partial charge on any atom is 0.257 e. The van der Waals surface area contributed by atoms with Gasteiger partial charge in [0.05, 0.1) is 12.0 Å². The fourth-order valence-corrected chi connectivity index (χ4v) is 3.32. The van der Waals surface area contributed by atoms with E-state index in [1.807, 2.05) is 26.0 Å². The summed E-state index contributed by atoms with van der Waals surface area (Å²) in [4.78, 5) is 16.6. The smallest absolute Gasteiger partial charge is 0.257 e. The zero-order chi connectivity index (χ0) is 18.9. The Morgan fingerprint density at radius 3 is 2.54 bits per heavy atom. The summed E-state index contributed by atoms with van der Waals surface area (Å²) in [5, 5.41) is 7.06. The number of ether oxygens (including phenoxy) is 1. The van der Waals surface area contributed by atoms with E-state index in [0.29, 0.717) is 17.3 Å². The van der Waals surface area contributed by atoms with Crippen LogP contribution in [-0.4, -0.2) is 34.8 Å². The molecule has 140 valence electrons. The highest BCUT2D eigenvalue weighted by atomic mass is 16.5. The minimum atomic E-state index is -0.0890. The molecule has 1 N–H and O–H groups in total. The second-order valence-electron chi connectivity index (χ2n) is 8.22. The van der Waals surface area contributed by atoms with Crippen LogP contribution in [0.2, 0.25) is 0 Å². The van der Waals surface area contributed by atoms with Gasteiger partial charge in [0, 0.05) is 23.8 Å². The summed E-state index contributed by atoms with van der Waals surface area (Å²) < 4.78 is 11.4. The molecule has 26 heavy (non-hydrogen) atoms. The van der Waals surface area contributed by atoms with Gasteiger partial charge in [0.15, 0.2) is 5.82 Å². The lowest BCUT2D eigenvalue weighted by Crippen LogP contribution is -2.30. The average molecular weight is 357 g/mol. The lowest BCUT2D eigenvalue weighted by Gasteiger charge is -2.29. The first-order valence-corrected chi connectivity index (χ1v) is 9.12. The molecule has 3 rings (SSSR count). The van der Waals surface area contributed by atoms with Gasteiger partial charge in [-0.1, -0.05) is 25.9 Å². The minimum absolute atomic E-state index is 0.0212. The summed E-state index contributed by atoms with van der Waals surface area (Å²) >= 11 is 0. The molecule has 1 fully saturated rings. The van der Waals surface area contributed by atoms with Crippen LogP contribution in [0.25, 0.3) is 11.5 Å². The number of rotatable bonds is 4. The van der Waals surface area contributed by atoms with Crippen molar-refractivity contribution in [1.82, 2.24) is 15.5 Å². The van der Waals surface area contributed by atoms with Crippen molar-refractivity contribution in [3.8, 4) is 11.5 Å². The van der Waals surface area contributed by atoms with Crippen LogP contribution in [-0.2, 0) is 4.74 Å². The standard InChI is InChI=1S/C20H27N3O3/c1-12(2)21-18(24)13-6-8-14(9-7-13)19-22-17(23-26-19)15-10-11-25-16(15)20(3,4)5/h6-9,12,15-16H,10-11H2,1-5H3,(H,21,24)/t15-,16-/m0/s1. The highest BCUT2D eigenvalue weighted by molar-refractivity contribution is 5.94. The van der Waals surface area contributed by atoms with Crippen LogP contribution < -0.4 is 5.32 Å². The van der Waals surface area contributed by atoms with Crippen molar-refractivity contribution < 1.29 is 14.1 Å². The molecule has 1 saturated heterocycles. The summed E-state index contributed by atoms with van der Waals surface area (Å²) in [6, 6.07) is 7.31. The van der Waals surface area contributed by atoms with Gasteiger partial charge in [0.2, 0.25) is 0 Å². The third-order valence-electron chi connectivity index (χ3n) is 4.53. The predicted octanol–water partition coefficient (Wildman–Crippen LogP) is 3.79. The Hall–Kier alpha value is -2.21. The van der Waals surface area contributed by atoms with Gasteiger partial charge >= 0.3 is 0 Å². The van der Waals surface area contributed by atoms with Crippen molar-refractivity contribution in [2.24, 2.45) is 5.41 Å². The molecule has 2 aromatic rings. The van der Waals surface area contributed by atoms with Crippen LogP contribution in [0.15, 0.2) is 28.8 Å². The summed E-state index contributed by atoms with van der Waals surface area (Å²) in [5.74, 6) is 1.21. The van der Waals surface area contributed by atoms with E-state index < -0.39 is 0 Å². The Kier molecular flexibility index (Phi) is 5.14. The van der Waals surface area contributed by atoms with Crippen molar-refractivity contribution in [3.05, 3.63) is 35.7 Å². The van der Waals surface area contributed by atoms with Crippen LogP contribution in [0.5, 0.6) is 0 Å². The number of amides is 1. The van der Waals surface area contributed by atoms with E-state index in [-0.39, 0.29) is 29.4 Å². The maximum atomic E-state index is 12.0. The first-order chi connectivity index (χ1) is 12.3. The van der Waals surface area contributed by atoms with Crippen molar-refractivity contribution >= 4 is 5.91 Å². The van der Waals surface area contributed by atoms with Gasteiger partial charge < -0.3 is 14.6 Å². The first-order valence-electron chi connectivity index (χ1n) is 9.12. The largest absolute Gasteiger partial charge is 0.377 e. The molecule has 2 atom stereocenters. The average Bonchev–Trinajstić information content (AvgIpc) is 3.23. The minimum Gasteiger partial charge on any atom is -0.377 e. The Morgan fingerprint density at radius 1 is 1.23 bits per heavy atom. The molecule has 0 bridgehead atoms. The molecule has 0 spiro atoms. The van der Waals surface area contributed by atoms with E-state index in [4.69, 9.17) is 9.26 Å². The Morgan fingerprint density at radius 2 is 1.92 bits per heavy atom. The number of hydrogen-bond donors (Lipinski definition) is 1. The van der Waals surface area contributed by atoms with Crippen molar-refractivity contribution in [1.29, 1.82) is 0 Å². The number of nitrogens with one attached hydrogen (secondary N) is 1. The fourth-order valence-electron chi connectivity index (χ4n) is 3.32.